The molecule has 1 heterocycles. The fourth-order valence-electron chi connectivity index (χ4n) is 2.55. The molecule has 0 radical (unpaired) electrons. The second kappa shape index (κ2) is 7.64. The van der Waals surface area contributed by atoms with Crippen molar-refractivity contribution in [3.63, 3.8) is 0 Å². The van der Waals surface area contributed by atoms with Crippen LogP contribution in [0.1, 0.15) is 47.0 Å². The second-order valence-electron chi connectivity index (χ2n) is 6.15. The fraction of sp³-hybridized carbons (Fsp3) is 0.867. The number of ether oxygens (including phenoxy) is 1. The smallest absolute Gasteiger partial charge is 0.329 e. The highest BCUT2D eigenvalue weighted by Gasteiger charge is 2.44. The van der Waals surface area contributed by atoms with Gasteiger partial charge in [-0.15, -0.1) is 0 Å². The first kappa shape index (κ1) is 17.8. The lowest BCUT2D eigenvalue weighted by Crippen LogP contribution is -2.61. The van der Waals surface area contributed by atoms with E-state index in [4.69, 9.17) is 4.74 Å². The van der Waals surface area contributed by atoms with Gasteiger partial charge < -0.3 is 20.1 Å². The lowest BCUT2D eigenvalue weighted by Gasteiger charge is -2.42. The molecule has 0 aromatic carbocycles. The number of carboxylic acids is 1. The number of urea groups is 1. The van der Waals surface area contributed by atoms with Crippen LogP contribution >= 0.6 is 0 Å². The summed E-state index contributed by atoms with van der Waals surface area (Å²) in [6.45, 7) is 9.07. The molecule has 1 saturated heterocycles. The van der Waals surface area contributed by atoms with Gasteiger partial charge in [-0.2, -0.15) is 0 Å². The Bertz CT molecular complexity index is 373. The van der Waals surface area contributed by atoms with Crippen LogP contribution in [-0.4, -0.2) is 53.3 Å². The third-order valence-electron chi connectivity index (χ3n) is 4.21. The standard InChI is InChI=1S/C15H28N2O4/c1-5-21-10-12(11(2)3)16-14(20)17-9-7-6-8-15(17,4)13(18)19/h11-12H,5-10H2,1-4H3,(H,16,20)(H,18,19). The third-order valence-corrected chi connectivity index (χ3v) is 4.21. The molecule has 0 saturated carbocycles. The van der Waals surface area contributed by atoms with E-state index in [9.17, 15) is 14.7 Å². The van der Waals surface area contributed by atoms with E-state index in [-0.39, 0.29) is 18.0 Å². The summed E-state index contributed by atoms with van der Waals surface area (Å²) in [6.07, 6.45) is 2.17. The van der Waals surface area contributed by atoms with Crippen molar-refractivity contribution in [1.82, 2.24) is 10.2 Å². The first-order valence-electron chi connectivity index (χ1n) is 7.72. The normalized spacial score (nSPS) is 24.0. The van der Waals surface area contributed by atoms with Gasteiger partial charge in [-0.05, 0) is 39.0 Å². The number of rotatable bonds is 6. The first-order valence-corrected chi connectivity index (χ1v) is 7.72. The zero-order chi connectivity index (χ0) is 16.0. The Morgan fingerprint density at radius 3 is 2.57 bits per heavy atom. The van der Waals surface area contributed by atoms with Crippen molar-refractivity contribution >= 4 is 12.0 Å². The van der Waals surface area contributed by atoms with Gasteiger partial charge in [-0.25, -0.2) is 9.59 Å². The Balaban J connectivity index is 2.77. The highest BCUT2D eigenvalue weighted by atomic mass is 16.5. The molecule has 0 aliphatic carbocycles. The van der Waals surface area contributed by atoms with Crippen LogP contribution in [0.25, 0.3) is 0 Å². The topological polar surface area (TPSA) is 78.9 Å². The van der Waals surface area contributed by atoms with E-state index >= 15 is 0 Å². The summed E-state index contributed by atoms with van der Waals surface area (Å²) in [5.41, 5.74) is -1.12. The number of likely N-dealkylation sites (tertiary alicyclic amines) is 1. The van der Waals surface area contributed by atoms with Gasteiger partial charge in [0.25, 0.3) is 0 Å². The Morgan fingerprint density at radius 1 is 1.38 bits per heavy atom. The van der Waals surface area contributed by atoms with Crippen LogP contribution in [0.3, 0.4) is 0 Å². The molecule has 122 valence electrons. The van der Waals surface area contributed by atoms with Gasteiger partial charge in [0.05, 0.1) is 12.6 Å². The average Bonchev–Trinajstić information content (AvgIpc) is 2.43. The number of carboxylic acid groups (broad SMARTS) is 1. The van der Waals surface area contributed by atoms with Gasteiger partial charge in [0, 0.05) is 13.2 Å². The number of piperidine rings is 1. The summed E-state index contributed by atoms with van der Waals surface area (Å²) >= 11 is 0. The van der Waals surface area contributed by atoms with Crippen LogP contribution in [0, 0.1) is 5.92 Å². The molecular formula is C15H28N2O4. The first-order chi connectivity index (χ1) is 9.82. The summed E-state index contributed by atoms with van der Waals surface area (Å²) in [6, 6.07) is -0.421. The van der Waals surface area contributed by atoms with Gasteiger partial charge in [0.1, 0.15) is 5.54 Å². The van der Waals surface area contributed by atoms with Crippen molar-refractivity contribution in [3.8, 4) is 0 Å². The van der Waals surface area contributed by atoms with Crippen molar-refractivity contribution in [1.29, 1.82) is 0 Å². The largest absolute Gasteiger partial charge is 0.480 e. The molecule has 0 aromatic heterocycles. The fourth-order valence-corrected chi connectivity index (χ4v) is 2.55. The van der Waals surface area contributed by atoms with Gasteiger partial charge in [0.15, 0.2) is 0 Å². The lowest BCUT2D eigenvalue weighted by atomic mass is 9.89. The molecule has 2 unspecified atom stereocenters. The van der Waals surface area contributed by atoms with E-state index < -0.39 is 11.5 Å². The molecule has 1 rings (SSSR count). The molecule has 0 spiro atoms. The zero-order valence-corrected chi connectivity index (χ0v) is 13.5. The van der Waals surface area contributed by atoms with Gasteiger partial charge in [-0.3, -0.25) is 0 Å². The average molecular weight is 300 g/mol. The Hall–Kier alpha value is -1.30. The number of aliphatic carboxylic acids is 1. The van der Waals surface area contributed by atoms with E-state index in [0.29, 0.717) is 26.2 Å². The molecule has 2 amide bonds. The molecule has 0 aromatic rings. The summed E-state index contributed by atoms with van der Waals surface area (Å²) in [5.74, 6) is -0.718. The molecule has 1 fully saturated rings. The minimum atomic E-state index is -1.12. The number of hydrogen-bond donors (Lipinski definition) is 2. The molecule has 0 bridgehead atoms. The highest BCUT2D eigenvalue weighted by Crippen LogP contribution is 2.28. The summed E-state index contributed by atoms with van der Waals surface area (Å²) < 4.78 is 5.40. The number of carbonyl (C=O) groups is 2. The molecule has 21 heavy (non-hydrogen) atoms. The Morgan fingerprint density at radius 2 is 2.05 bits per heavy atom. The summed E-state index contributed by atoms with van der Waals surface area (Å²) in [7, 11) is 0. The maximum atomic E-state index is 12.5. The molecule has 1 aliphatic rings. The molecular weight excluding hydrogens is 272 g/mol. The minimum Gasteiger partial charge on any atom is -0.480 e. The van der Waals surface area contributed by atoms with Crippen LogP contribution in [0.2, 0.25) is 0 Å². The molecule has 1 aliphatic heterocycles. The van der Waals surface area contributed by atoms with E-state index in [0.717, 1.165) is 12.8 Å². The second-order valence-corrected chi connectivity index (χ2v) is 6.15. The van der Waals surface area contributed by atoms with Gasteiger partial charge >= 0.3 is 12.0 Å². The van der Waals surface area contributed by atoms with E-state index in [1.165, 1.54) is 4.90 Å². The molecule has 2 N–H and O–H groups in total. The summed E-state index contributed by atoms with van der Waals surface area (Å²) in [4.78, 5) is 25.5. The number of amides is 2. The van der Waals surface area contributed by atoms with E-state index in [2.05, 4.69) is 5.32 Å². The van der Waals surface area contributed by atoms with Gasteiger partial charge in [-0.1, -0.05) is 13.8 Å². The molecule has 6 heteroatoms. The number of carbonyl (C=O) groups excluding carboxylic acids is 1. The van der Waals surface area contributed by atoms with Crippen molar-refractivity contribution in [3.05, 3.63) is 0 Å². The maximum absolute atomic E-state index is 12.5. The quantitative estimate of drug-likeness (QED) is 0.787. The van der Waals surface area contributed by atoms with Crippen molar-refractivity contribution < 1.29 is 19.4 Å². The molecule has 6 nitrogen and oxygen atoms in total. The van der Waals surface area contributed by atoms with Crippen LogP contribution in [0.4, 0.5) is 4.79 Å². The predicted molar refractivity (Wildman–Crippen MR) is 80.2 cm³/mol. The van der Waals surface area contributed by atoms with Crippen molar-refractivity contribution in [2.75, 3.05) is 19.8 Å². The van der Waals surface area contributed by atoms with Crippen molar-refractivity contribution in [2.45, 2.75) is 58.5 Å². The van der Waals surface area contributed by atoms with Gasteiger partial charge in [0.2, 0.25) is 0 Å². The number of nitrogens with zero attached hydrogens (tertiary/aromatic N) is 1. The number of nitrogens with one attached hydrogen (secondary N) is 1. The van der Waals surface area contributed by atoms with Crippen LogP contribution in [0.15, 0.2) is 0 Å². The van der Waals surface area contributed by atoms with Crippen LogP contribution < -0.4 is 5.32 Å². The lowest BCUT2D eigenvalue weighted by molar-refractivity contribution is -0.150. The monoisotopic (exact) mass is 300 g/mol. The number of hydrogen-bond acceptors (Lipinski definition) is 3. The van der Waals surface area contributed by atoms with E-state index in [1.54, 1.807) is 6.92 Å². The minimum absolute atomic E-state index is 0.113. The molecule has 2 atom stereocenters. The van der Waals surface area contributed by atoms with E-state index in [1.807, 2.05) is 20.8 Å². The van der Waals surface area contributed by atoms with Crippen molar-refractivity contribution in [2.24, 2.45) is 5.92 Å². The van der Waals surface area contributed by atoms with Crippen LogP contribution in [-0.2, 0) is 9.53 Å². The van der Waals surface area contributed by atoms with Crippen LogP contribution in [0.5, 0.6) is 0 Å². The zero-order valence-electron chi connectivity index (χ0n) is 13.5. The SMILES string of the molecule is CCOCC(NC(=O)N1CCCCC1(C)C(=O)O)C(C)C. The predicted octanol–water partition coefficient (Wildman–Crippen LogP) is 2.09. The Kier molecular flexibility index (Phi) is 6.45. The third kappa shape index (κ3) is 4.33. The maximum Gasteiger partial charge on any atom is 0.329 e. The Labute approximate surface area is 126 Å². The summed E-state index contributed by atoms with van der Waals surface area (Å²) in [5, 5.41) is 12.4. The highest BCUT2D eigenvalue weighted by molar-refractivity contribution is 5.86.